The highest BCUT2D eigenvalue weighted by Gasteiger charge is 2.40. The van der Waals surface area contributed by atoms with Gasteiger partial charge in [0.1, 0.15) is 36.9 Å². The first-order valence-corrected chi connectivity index (χ1v) is 18.2. The van der Waals surface area contributed by atoms with E-state index in [0.29, 0.717) is 5.56 Å². The summed E-state index contributed by atoms with van der Waals surface area (Å²) in [4.78, 5) is 90.5. The second kappa shape index (κ2) is 19.6. The maximum atomic E-state index is 13.8. The van der Waals surface area contributed by atoms with Crippen LogP contribution in [0.2, 0.25) is 0 Å². The van der Waals surface area contributed by atoms with Crippen molar-refractivity contribution in [1.29, 1.82) is 0 Å². The van der Waals surface area contributed by atoms with Gasteiger partial charge in [0, 0.05) is 30.8 Å². The number of benzene rings is 2. The lowest BCUT2D eigenvalue weighted by atomic mass is 10.0. The molecule has 0 radical (unpaired) electrons. The van der Waals surface area contributed by atoms with Gasteiger partial charge in [0.25, 0.3) is 0 Å². The lowest BCUT2D eigenvalue weighted by Crippen LogP contribution is -2.56. The van der Waals surface area contributed by atoms with Gasteiger partial charge >= 0.3 is 18.0 Å². The van der Waals surface area contributed by atoms with Gasteiger partial charge in [-0.1, -0.05) is 82.3 Å². The van der Waals surface area contributed by atoms with Crippen molar-refractivity contribution in [2.45, 2.75) is 70.4 Å². The van der Waals surface area contributed by atoms with Crippen LogP contribution in [0.25, 0.3) is 0 Å². The number of amides is 5. The van der Waals surface area contributed by atoms with E-state index in [4.69, 9.17) is 14.2 Å². The van der Waals surface area contributed by atoms with E-state index >= 15 is 0 Å². The minimum Gasteiger partial charge on any atom is -0.467 e. The molecule has 3 rings (SSSR count). The van der Waals surface area contributed by atoms with E-state index < -0.39 is 71.9 Å². The van der Waals surface area contributed by atoms with Crippen LogP contribution in [0.1, 0.15) is 44.7 Å². The van der Waals surface area contributed by atoms with Gasteiger partial charge in [-0.25, -0.2) is 9.59 Å². The topological polar surface area (TPSA) is 187 Å². The van der Waals surface area contributed by atoms with Crippen LogP contribution in [-0.4, -0.2) is 95.4 Å². The number of hydrogen-bond donors (Lipinski definition) is 3. The van der Waals surface area contributed by atoms with Crippen molar-refractivity contribution in [3.05, 3.63) is 71.8 Å². The van der Waals surface area contributed by atoms with E-state index in [9.17, 15) is 33.6 Å². The molecule has 50 heavy (non-hydrogen) atoms. The van der Waals surface area contributed by atoms with Crippen LogP contribution in [0.5, 0.6) is 0 Å². The lowest BCUT2D eigenvalue weighted by molar-refractivity contribution is -0.154. The predicted octanol–water partition coefficient (Wildman–Crippen LogP) is 2.54. The molecular weight excluding hydrogens is 689 g/mol. The largest absolute Gasteiger partial charge is 0.467 e. The third-order valence-corrected chi connectivity index (χ3v) is 9.39. The Kier molecular flexibility index (Phi) is 15.6. The molecule has 3 N–H and O–H groups in total. The van der Waals surface area contributed by atoms with Gasteiger partial charge in [0.15, 0.2) is 0 Å². The average Bonchev–Trinajstić information content (AvgIpc) is 3.41. The Bertz CT molecular complexity index is 1490. The first-order valence-electron chi connectivity index (χ1n) is 15.8. The van der Waals surface area contributed by atoms with Crippen LogP contribution >= 0.6 is 21.6 Å². The summed E-state index contributed by atoms with van der Waals surface area (Å²) < 4.78 is 15.3. The molecule has 1 fully saturated rings. The van der Waals surface area contributed by atoms with Gasteiger partial charge in [0.05, 0.1) is 7.11 Å². The Hall–Kier alpha value is -4.57. The van der Waals surface area contributed by atoms with Crippen LogP contribution in [0.15, 0.2) is 60.7 Å². The fraction of sp³-hybridized carbons (Fsp3) is 0.441. The van der Waals surface area contributed by atoms with Crippen molar-refractivity contribution in [3.63, 3.8) is 0 Å². The number of ether oxygens (including phenoxy) is 3. The van der Waals surface area contributed by atoms with E-state index in [1.165, 1.54) is 7.11 Å². The number of imide groups is 1. The summed E-state index contributed by atoms with van der Waals surface area (Å²) in [6.07, 6.45) is -0.918. The van der Waals surface area contributed by atoms with Crippen LogP contribution < -0.4 is 16.0 Å². The number of esters is 2. The minimum absolute atomic E-state index is 0.00227. The zero-order chi connectivity index (χ0) is 36.7. The number of alkyl carbamates (subject to hydrolysis) is 1. The monoisotopic (exact) mass is 730 g/mol. The van der Waals surface area contributed by atoms with Crippen LogP contribution in [-0.2, 0) is 56.0 Å². The number of nitrogens with zero attached hydrogens (tertiary/aromatic N) is 1. The highest BCUT2D eigenvalue weighted by molar-refractivity contribution is 8.76. The van der Waals surface area contributed by atoms with Gasteiger partial charge < -0.3 is 30.2 Å². The standard InChI is InChI=1S/C34H42N4O10S2/c1-34(2,3)48-29(41)18-35-30(42)24(17-22-11-7-5-8-12-22)36-31(43)26(38-27(39)15-16-28(38)40)21-50-49-20-25(32(44)46-4)37-33(45)47-19-23-13-9-6-10-14-23/h5-14,24-26H,15-21H2,1-4H3,(H,35,42)(H,36,43)(H,37,45)/t24-,25+,26+/m1/s1. The second-order valence-corrected chi connectivity index (χ2v) is 14.6. The van der Waals surface area contributed by atoms with E-state index in [2.05, 4.69) is 16.0 Å². The zero-order valence-electron chi connectivity index (χ0n) is 28.3. The molecule has 1 aliphatic heterocycles. The minimum atomic E-state index is -1.30. The Morgan fingerprint density at radius 3 is 1.96 bits per heavy atom. The molecule has 2 aromatic rings. The van der Waals surface area contributed by atoms with Crippen molar-refractivity contribution < 1.29 is 47.8 Å². The molecule has 14 nitrogen and oxygen atoms in total. The summed E-state index contributed by atoms with van der Waals surface area (Å²) in [7, 11) is 3.35. The lowest BCUT2D eigenvalue weighted by Gasteiger charge is -2.27. The average molecular weight is 731 g/mol. The fourth-order valence-corrected chi connectivity index (χ4v) is 6.99. The van der Waals surface area contributed by atoms with Crippen molar-refractivity contribution in [2.24, 2.45) is 0 Å². The van der Waals surface area contributed by atoms with E-state index in [1.54, 1.807) is 75.4 Å². The Labute approximate surface area is 298 Å². The number of hydrogen-bond acceptors (Lipinski definition) is 12. The number of likely N-dealkylation sites (tertiary alicyclic amines) is 1. The SMILES string of the molecule is COC(=O)[C@H](CSSC[C@@H](C(=O)N[C@H](Cc1ccccc1)C(=O)NCC(=O)OC(C)(C)C)N1C(=O)CCC1=O)NC(=O)OCc1ccccc1. The maximum absolute atomic E-state index is 13.8. The molecule has 1 heterocycles. The summed E-state index contributed by atoms with van der Waals surface area (Å²) >= 11 is 0. The van der Waals surface area contributed by atoms with Gasteiger partial charge in [-0.15, -0.1) is 0 Å². The summed E-state index contributed by atoms with van der Waals surface area (Å²) in [6.45, 7) is 4.62. The highest BCUT2D eigenvalue weighted by Crippen LogP contribution is 2.27. The smallest absolute Gasteiger partial charge is 0.408 e. The van der Waals surface area contributed by atoms with E-state index in [-0.39, 0.29) is 37.4 Å². The van der Waals surface area contributed by atoms with Crippen molar-refractivity contribution in [1.82, 2.24) is 20.9 Å². The molecule has 1 aliphatic rings. The normalized spacial score (nSPS) is 14.6. The third kappa shape index (κ3) is 13.4. The molecule has 2 aromatic carbocycles. The highest BCUT2D eigenvalue weighted by atomic mass is 33.1. The number of carbonyl (C=O) groups excluding carboxylic acids is 7. The molecular formula is C34H42N4O10S2. The Balaban J connectivity index is 1.68. The predicted molar refractivity (Wildman–Crippen MR) is 186 cm³/mol. The maximum Gasteiger partial charge on any atom is 0.408 e. The molecule has 0 aromatic heterocycles. The zero-order valence-corrected chi connectivity index (χ0v) is 29.9. The van der Waals surface area contributed by atoms with E-state index in [1.807, 2.05) is 6.07 Å². The fourth-order valence-electron chi connectivity index (χ4n) is 4.64. The molecule has 5 amide bonds. The summed E-state index contributed by atoms with van der Waals surface area (Å²) in [6, 6.07) is 14.3. The van der Waals surface area contributed by atoms with Crippen molar-refractivity contribution in [2.75, 3.05) is 25.2 Å². The summed E-state index contributed by atoms with van der Waals surface area (Å²) in [5.74, 6) is -4.00. The molecule has 0 bridgehead atoms. The van der Waals surface area contributed by atoms with Crippen molar-refractivity contribution >= 4 is 63.2 Å². The van der Waals surface area contributed by atoms with Crippen molar-refractivity contribution in [3.8, 4) is 0 Å². The number of carbonyl (C=O) groups is 7. The van der Waals surface area contributed by atoms with Gasteiger partial charge in [-0.2, -0.15) is 0 Å². The van der Waals surface area contributed by atoms with E-state index in [0.717, 1.165) is 32.1 Å². The molecule has 0 unspecified atom stereocenters. The molecule has 0 aliphatic carbocycles. The summed E-state index contributed by atoms with van der Waals surface area (Å²) in [5, 5.41) is 7.63. The van der Waals surface area contributed by atoms with Crippen LogP contribution in [0.4, 0.5) is 4.79 Å². The number of rotatable bonds is 17. The number of nitrogens with one attached hydrogen (secondary N) is 3. The molecule has 270 valence electrons. The quantitative estimate of drug-likeness (QED) is 0.0711. The molecule has 3 atom stereocenters. The van der Waals surface area contributed by atoms with Crippen LogP contribution in [0, 0.1) is 0 Å². The van der Waals surface area contributed by atoms with Gasteiger partial charge in [-0.05, 0) is 31.9 Å². The first kappa shape index (κ1) is 39.9. The molecule has 0 saturated carbocycles. The van der Waals surface area contributed by atoms with Gasteiger partial charge in [-0.3, -0.25) is 28.9 Å². The molecule has 1 saturated heterocycles. The summed E-state index contributed by atoms with van der Waals surface area (Å²) in [5.41, 5.74) is 0.697. The van der Waals surface area contributed by atoms with Gasteiger partial charge in [0.2, 0.25) is 23.6 Å². The number of methoxy groups -OCH3 is 1. The second-order valence-electron chi connectivity index (χ2n) is 12.1. The molecule has 16 heteroatoms. The van der Waals surface area contributed by atoms with Crippen LogP contribution in [0.3, 0.4) is 0 Å². The molecule has 0 spiro atoms. The first-order chi connectivity index (χ1) is 23.8. The third-order valence-electron chi connectivity index (χ3n) is 6.98. The Morgan fingerprint density at radius 2 is 1.38 bits per heavy atom. The Morgan fingerprint density at radius 1 is 0.800 bits per heavy atom.